The largest absolute Gasteiger partial charge is 0.342 e. The molecule has 4 heterocycles. The molecule has 0 spiro atoms. The number of aryl methyl sites for hydroxylation is 1. The number of rotatable bonds is 3. The summed E-state index contributed by atoms with van der Waals surface area (Å²) in [4.78, 5) is 37.0. The standard InChI is InChI=1S/C20H30N4O2S/c1-15-18(27-14-21-15)20(26)23-11-6-17(7-12-23)24-10-4-5-16(13-24)19(25)22-8-2-3-9-22/h14,16-17H,2-13H2,1H3/t16-/m0/s1. The minimum absolute atomic E-state index is 0.134. The maximum atomic E-state index is 12.8. The lowest BCUT2D eigenvalue weighted by atomic mass is 9.93. The summed E-state index contributed by atoms with van der Waals surface area (Å²) < 4.78 is 0. The number of nitrogens with zero attached hydrogens (tertiary/aromatic N) is 4. The predicted molar refractivity (Wildman–Crippen MR) is 106 cm³/mol. The van der Waals surface area contributed by atoms with Crippen molar-refractivity contribution in [3.8, 4) is 0 Å². The van der Waals surface area contributed by atoms with Gasteiger partial charge in [-0.05, 0) is 52.0 Å². The first-order chi connectivity index (χ1) is 13.1. The number of aromatic nitrogens is 1. The Hall–Kier alpha value is -1.47. The average molecular weight is 391 g/mol. The quantitative estimate of drug-likeness (QED) is 0.795. The SMILES string of the molecule is Cc1ncsc1C(=O)N1CCC(N2CCC[C@H](C(=O)N3CCCC3)C2)CC1. The number of likely N-dealkylation sites (tertiary alicyclic amines) is 3. The van der Waals surface area contributed by atoms with Crippen LogP contribution in [0.15, 0.2) is 5.51 Å². The van der Waals surface area contributed by atoms with E-state index in [1.54, 1.807) is 5.51 Å². The van der Waals surface area contributed by atoms with Gasteiger partial charge >= 0.3 is 0 Å². The Balaban J connectivity index is 1.30. The summed E-state index contributed by atoms with van der Waals surface area (Å²) in [6.45, 7) is 7.42. The zero-order chi connectivity index (χ0) is 18.8. The van der Waals surface area contributed by atoms with E-state index in [1.807, 2.05) is 11.8 Å². The summed E-state index contributed by atoms with van der Waals surface area (Å²) in [6, 6.07) is 0.505. The van der Waals surface area contributed by atoms with Gasteiger partial charge in [-0.25, -0.2) is 4.98 Å². The van der Waals surface area contributed by atoms with E-state index < -0.39 is 0 Å². The zero-order valence-electron chi connectivity index (χ0n) is 16.2. The van der Waals surface area contributed by atoms with Gasteiger partial charge in [0.1, 0.15) is 4.88 Å². The molecule has 148 valence electrons. The molecule has 3 aliphatic rings. The summed E-state index contributed by atoms with van der Waals surface area (Å²) in [5.41, 5.74) is 2.59. The monoisotopic (exact) mass is 390 g/mol. The number of hydrogen-bond acceptors (Lipinski definition) is 5. The van der Waals surface area contributed by atoms with Crippen LogP contribution in [-0.2, 0) is 4.79 Å². The van der Waals surface area contributed by atoms with Crippen molar-refractivity contribution in [1.29, 1.82) is 0 Å². The Morgan fingerprint density at radius 3 is 2.41 bits per heavy atom. The van der Waals surface area contributed by atoms with Gasteiger partial charge in [0.05, 0.1) is 17.1 Å². The molecule has 2 amide bonds. The molecule has 4 rings (SSSR count). The predicted octanol–water partition coefficient (Wildman–Crippen LogP) is 2.39. The number of piperidine rings is 2. The normalized spacial score (nSPS) is 25.1. The second-order valence-electron chi connectivity index (χ2n) is 8.16. The van der Waals surface area contributed by atoms with Gasteiger partial charge in [-0.1, -0.05) is 0 Å². The number of thiazole rings is 1. The Kier molecular flexibility index (Phi) is 5.78. The molecule has 7 heteroatoms. The second kappa shape index (κ2) is 8.27. The van der Waals surface area contributed by atoms with Crippen LogP contribution < -0.4 is 0 Å². The van der Waals surface area contributed by atoms with Gasteiger partial charge in [0, 0.05) is 38.8 Å². The number of carbonyl (C=O) groups is 2. The van der Waals surface area contributed by atoms with E-state index in [2.05, 4.69) is 14.8 Å². The van der Waals surface area contributed by atoms with Gasteiger partial charge in [0.2, 0.25) is 5.91 Å². The first-order valence-corrected chi connectivity index (χ1v) is 11.2. The van der Waals surface area contributed by atoms with E-state index in [4.69, 9.17) is 0 Å². The van der Waals surface area contributed by atoms with Gasteiger partial charge in [-0.3, -0.25) is 14.5 Å². The Bertz CT molecular complexity index is 677. The third-order valence-corrected chi connectivity index (χ3v) is 7.34. The highest BCUT2D eigenvalue weighted by Crippen LogP contribution is 2.27. The van der Waals surface area contributed by atoms with E-state index in [1.165, 1.54) is 11.3 Å². The van der Waals surface area contributed by atoms with Crippen LogP contribution in [0.4, 0.5) is 0 Å². The third-order valence-electron chi connectivity index (χ3n) is 6.43. The molecule has 3 saturated heterocycles. The van der Waals surface area contributed by atoms with E-state index >= 15 is 0 Å². The van der Waals surface area contributed by atoms with Crippen LogP contribution >= 0.6 is 11.3 Å². The molecule has 1 atom stereocenters. The topological polar surface area (TPSA) is 56.8 Å². The van der Waals surface area contributed by atoms with Crippen molar-refractivity contribution in [2.75, 3.05) is 39.3 Å². The highest BCUT2D eigenvalue weighted by Gasteiger charge is 2.35. The number of hydrogen-bond donors (Lipinski definition) is 0. The Labute approximate surface area is 165 Å². The molecule has 0 N–H and O–H groups in total. The van der Waals surface area contributed by atoms with E-state index in [9.17, 15) is 9.59 Å². The zero-order valence-corrected chi connectivity index (χ0v) is 17.0. The van der Waals surface area contributed by atoms with Crippen molar-refractivity contribution in [2.45, 2.75) is 51.5 Å². The van der Waals surface area contributed by atoms with Crippen molar-refractivity contribution in [2.24, 2.45) is 5.92 Å². The minimum atomic E-state index is 0.134. The molecule has 1 aromatic heterocycles. The molecular formula is C20H30N4O2S. The van der Waals surface area contributed by atoms with Crippen LogP contribution in [0, 0.1) is 12.8 Å². The van der Waals surface area contributed by atoms with Crippen LogP contribution in [0.3, 0.4) is 0 Å². The molecule has 1 aromatic rings. The van der Waals surface area contributed by atoms with Gasteiger partial charge in [0.25, 0.3) is 5.91 Å². The van der Waals surface area contributed by atoms with Gasteiger partial charge in [-0.2, -0.15) is 0 Å². The number of amides is 2. The first kappa shape index (κ1) is 18.9. The highest BCUT2D eigenvalue weighted by atomic mass is 32.1. The smallest absolute Gasteiger partial charge is 0.265 e. The maximum absolute atomic E-state index is 12.8. The lowest BCUT2D eigenvalue weighted by molar-refractivity contribution is -0.136. The van der Waals surface area contributed by atoms with Gasteiger partial charge < -0.3 is 9.80 Å². The maximum Gasteiger partial charge on any atom is 0.265 e. The van der Waals surface area contributed by atoms with Crippen molar-refractivity contribution in [3.05, 3.63) is 16.1 Å². The summed E-state index contributed by atoms with van der Waals surface area (Å²) in [5.74, 6) is 0.691. The molecule has 0 aliphatic carbocycles. The lowest BCUT2D eigenvalue weighted by Gasteiger charge is -2.42. The fourth-order valence-electron chi connectivity index (χ4n) is 4.82. The first-order valence-electron chi connectivity index (χ1n) is 10.4. The van der Waals surface area contributed by atoms with Crippen LogP contribution in [0.25, 0.3) is 0 Å². The average Bonchev–Trinajstić information content (AvgIpc) is 3.39. The van der Waals surface area contributed by atoms with E-state index in [-0.39, 0.29) is 11.8 Å². The molecular weight excluding hydrogens is 360 g/mol. The molecule has 27 heavy (non-hydrogen) atoms. The van der Waals surface area contributed by atoms with Gasteiger partial charge in [0.15, 0.2) is 0 Å². The second-order valence-corrected chi connectivity index (χ2v) is 9.01. The fraction of sp³-hybridized carbons (Fsp3) is 0.750. The summed E-state index contributed by atoms with van der Waals surface area (Å²) in [6.07, 6.45) is 6.49. The van der Waals surface area contributed by atoms with Crippen LogP contribution in [0.5, 0.6) is 0 Å². The van der Waals surface area contributed by atoms with Crippen molar-refractivity contribution >= 4 is 23.2 Å². The molecule has 0 aromatic carbocycles. The Morgan fingerprint density at radius 2 is 1.74 bits per heavy atom. The molecule has 0 bridgehead atoms. The van der Waals surface area contributed by atoms with Crippen LogP contribution in [-0.4, -0.2) is 76.8 Å². The molecule has 3 fully saturated rings. The summed E-state index contributed by atoms with van der Waals surface area (Å²) in [7, 11) is 0. The van der Waals surface area contributed by atoms with Crippen molar-refractivity contribution < 1.29 is 9.59 Å². The minimum Gasteiger partial charge on any atom is -0.342 e. The third kappa shape index (κ3) is 4.04. The van der Waals surface area contributed by atoms with E-state index in [0.29, 0.717) is 11.9 Å². The van der Waals surface area contributed by atoms with Gasteiger partial charge in [-0.15, -0.1) is 11.3 Å². The van der Waals surface area contributed by atoms with Crippen LogP contribution in [0.1, 0.15) is 53.9 Å². The molecule has 0 radical (unpaired) electrons. The number of carbonyl (C=O) groups excluding carboxylic acids is 2. The summed E-state index contributed by atoms with van der Waals surface area (Å²) >= 11 is 1.44. The molecule has 6 nitrogen and oxygen atoms in total. The highest BCUT2D eigenvalue weighted by molar-refractivity contribution is 7.11. The molecule has 3 aliphatic heterocycles. The van der Waals surface area contributed by atoms with Crippen LogP contribution in [0.2, 0.25) is 0 Å². The molecule has 0 saturated carbocycles. The van der Waals surface area contributed by atoms with E-state index in [0.717, 1.165) is 88.4 Å². The summed E-state index contributed by atoms with van der Waals surface area (Å²) in [5, 5.41) is 0. The fourth-order valence-corrected chi connectivity index (χ4v) is 5.59. The Morgan fingerprint density at radius 1 is 1.00 bits per heavy atom. The lowest BCUT2D eigenvalue weighted by Crippen LogP contribution is -2.51. The molecule has 0 unspecified atom stereocenters. The van der Waals surface area contributed by atoms with Crippen molar-refractivity contribution in [3.63, 3.8) is 0 Å². The van der Waals surface area contributed by atoms with Crippen molar-refractivity contribution in [1.82, 2.24) is 19.7 Å².